The average molecular weight is 416 g/mol. The molecule has 0 radical (unpaired) electrons. The van der Waals surface area contributed by atoms with Crippen molar-refractivity contribution in [3.63, 3.8) is 0 Å². The highest BCUT2D eigenvalue weighted by atomic mass is 79.9. The molecule has 24 heavy (non-hydrogen) atoms. The van der Waals surface area contributed by atoms with Crippen LogP contribution >= 0.6 is 28.3 Å². The number of piperidine rings is 1. The van der Waals surface area contributed by atoms with E-state index in [0.717, 1.165) is 59.8 Å². The summed E-state index contributed by atoms with van der Waals surface area (Å²) in [7, 11) is 1.99. The summed E-state index contributed by atoms with van der Waals surface area (Å²) >= 11 is 3.47. The van der Waals surface area contributed by atoms with Crippen LogP contribution in [-0.2, 0) is 4.79 Å². The number of nitrogens with one attached hydrogen (secondary N) is 1. The van der Waals surface area contributed by atoms with Gasteiger partial charge in [-0.15, -0.1) is 12.4 Å². The molecule has 0 unspecified atom stereocenters. The Labute approximate surface area is 158 Å². The Balaban J connectivity index is 0.00000208. The van der Waals surface area contributed by atoms with E-state index in [1.54, 1.807) is 0 Å². The average Bonchev–Trinajstić information content (AvgIpc) is 2.59. The molecule has 132 valence electrons. The minimum Gasteiger partial charge on any atom is -0.488 e. The molecule has 6 heteroatoms. The smallest absolute Gasteiger partial charge is 0.253 e. The Morgan fingerprint density at radius 2 is 2.12 bits per heavy atom. The lowest BCUT2D eigenvalue weighted by Gasteiger charge is -2.33. The third kappa shape index (κ3) is 4.52. The fourth-order valence-electron chi connectivity index (χ4n) is 3.25. The molecule has 0 aliphatic carbocycles. The van der Waals surface area contributed by atoms with Crippen molar-refractivity contribution in [2.24, 2.45) is 5.92 Å². The highest BCUT2D eigenvalue weighted by Gasteiger charge is 2.26. The summed E-state index contributed by atoms with van der Waals surface area (Å²) < 4.78 is 6.73. The topological polar surface area (TPSA) is 41.6 Å². The molecule has 1 saturated heterocycles. The second-order valence-corrected chi connectivity index (χ2v) is 7.18. The number of hydrogen-bond donors (Lipinski definition) is 1. The van der Waals surface area contributed by atoms with Gasteiger partial charge in [0.05, 0.1) is 5.57 Å². The molecule has 0 aromatic heterocycles. The Morgan fingerprint density at radius 3 is 2.83 bits per heavy atom. The Kier molecular flexibility index (Phi) is 7.14. The number of rotatable bonds is 4. The number of carbonyl (C=O) groups is 1. The first-order chi connectivity index (χ1) is 11.2. The lowest BCUT2D eigenvalue weighted by atomic mass is 9.93. The van der Waals surface area contributed by atoms with E-state index < -0.39 is 0 Å². The second kappa shape index (κ2) is 8.88. The molecule has 1 N–H and O–H groups in total. The van der Waals surface area contributed by atoms with Crippen LogP contribution in [0.1, 0.15) is 24.8 Å². The van der Waals surface area contributed by atoms with Gasteiger partial charge in [-0.3, -0.25) is 4.79 Å². The van der Waals surface area contributed by atoms with Crippen LogP contribution in [0.5, 0.6) is 5.75 Å². The van der Waals surface area contributed by atoms with Gasteiger partial charge in [0.25, 0.3) is 5.91 Å². The third-order valence-electron chi connectivity index (χ3n) is 4.66. The van der Waals surface area contributed by atoms with Crippen LogP contribution in [0.2, 0.25) is 0 Å². The van der Waals surface area contributed by atoms with Crippen molar-refractivity contribution in [1.29, 1.82) is 0 Å². The van der Waals surface area contributed by atoms with Gasteiger partial charge in [0, 0.05) is 23.1 Å². The number of fused-ring (bicyclic) bond motifs is 1. The Hall–Kier alpha value is -1.04. The fraction of sp³-hybridized carbons (Fsp3) is 0.500. The summed E-state index contributed by atoms with van der Waals surface area (Å²) in [6.45, 7) is 3.14. The molecular weight excluding hydrogens is 392 g/mol. The van der Waals surface area contributed by atoms with Crippen molar-refractivity contribution in [2.45, 2.75) is 19.3 Å². The number of carbonyl (C=O) groups excluding carboxylic acids is 1. The molecule has 2 aliphatic rings. The largest absolute Gasteiger partial charge is 0.488 e. The van der Waals surface area contributed by atoms with E-state index >= 15 is 0 Å². The van der Waals surface area contributed by atoms with Gasteiger partial charge in [-0.05, 0) is 63.0 Å². The monoisotopic (exact) mass is 414 g/mol. The van der Waals surface area contributed by atoms with Crippen LogP contribution in [0.3, 0.4) is 0 Å². The van der Waals surface area contributed by atoms with Gasteiger partial charge in [0.15, 0.2) is 0 Å². The van der Waals surface area contributed by atoms with Gasteiger partial charge in [0.2, 0.25) is 0 Å². The van der Waals surface area contributed by atoms with Gasteiger partial charge in [-0.25, -0.2) is 0 Å². The lowest BCUT2D eigenvalue weighted by Crippen LogP contribution is -2.40. The fourth-order valence-corrected chi connectivity index (χ4v) is 3.63. The molecule has 2 aliphatic heterocycles. The third-order valence-corrected chi connectivity index (χ3v) is 5.16. The zero-order chi connectivity index (χ0) is 16.2. The molecule has 3 rings (SSSR count). The Morgan fingerprint density at radius 1 is 1.38 bits per heavy atom. The van der Waals surface area contributed by atoms with Crippen LogP contribution in [0.25, 0.3) is 6.08 Å². The first-order valence-corrected chi connectivity index (χ1v) is 9.03. The summed E-state index contributed by atoms with van der Waals surface area (Å²) in [5, 5.41) is 3.20. The highest BCUT2D eigenvalue weighted by Crippen LogP contribution is 2.30. The summed E-state index contributed by atoms with van der Waals surface area (Å²) in [4.78, 5) is 14.7. The van der Waals surface area contributed by atoms with Crippen molar-refractivity contribution in [2.75, 3.05) is 33.3 Å². The van der Waals surface area contributed by atoms with Gasteiger partial charge in [0.1, 0.15) is 12.4 Å². The SMILES string of the molecule is CNCCC1CCN(C(=O)C2=Cc3cc(Br)ccc3OC2)CC1.Cl. The molecule has 2 heterocycles. The van der Waals surface area contributed by atoms with E-state index in [9.17, 15) is 4.79 Å². The molecule has 0 bridgehead atoms. The van der Waals surface area contributed by atoms with E-state index in [0.29, 0.717) is 6.61 Å². The van der Waals surface area contributed by atoms with Crippen LogP contribution in [0, 0.1) is 5.92 Å². The normalized spacial score (nSPS) is 17.4. The quantitative estimate of drug-likeness (QED) is 0.818. The number of ether oxygens (including phenoxy) is 1. The minimum absolute atomic E-state index is 0. The van der Waals surface area contributed by atoms with E-state index in [4.69, 9.17) is 4.74 Å². The maximum atomic E-state index is 12.7. The molecule has 0 atom stereocenters. The molecule has 1 aromatic carbocycles. The molecular formula is C18H24BrClN2O2. The van der Waals surface area contributed by atoms with Crippen molar-refractivity contribution in [3.05, 3.63) is 33.8 Å². The van der Waals surface area contributed by atoms with Gasteiger partial charge in [-0.2, -0.15) is 0 Å². The number of nitrogens with zero attached hydrogens (tertiary/aromatic N) is 1. The number of halogens is 2. The van der Waals surface area contributed by atoms with Crippen LogP contribution in [-0.4, -0.2) is 44.1 Å². The predicted octanol–water partition coefficient (Wildman–Crippen LogP) is 3.49. The van der Waals surface area contributed by atoms with Crippen molar-refractivity contribution < 1.29 is 9.53 Å². The van der Waals surface area contributed by atoms with Crippen molar-refractivity contribution in [1.82, 2.24) is 10.2 Å². The van der Waals surface area contributed by atoms with E-state index in [-0.39, 0.29) is 18.3 Å². The predicted molar refractivity (Wildman–Crippen MR) is 103 cm³/mol. The summed E-state index contributed by atoms with van der Waals surface area (Å²) in [5.74, 6) is 1.71. The van der Waals surface area contributed by atoms with Crippen LogP contribution in [0.15, 0.2) is 28.2 Å². The molecule has 1 amide bonds. The zero-order valence-corrected chi connectivity index (χ0v) is 16.3. The molecule has 0 saturated carbocycles. The maximum Gasteiger partial charge on any atom is 0.253 e. The summed E-state index contributed by atoms with van der Waals surface area (Å²) in [6, 6.07) is 5.88. The van der Waals surface area contributed by atoms with Crippen molar-refractivity contribution >= 4 is 40.3 Å². The molecule has 0 spiro atoms. The number of benzene rings is 1. The van der Waals surface area contributed by atoms with Crippen LogP contribution < -0.4 is 10.1 Å². The molecule has 1 fully saturated rings. The molecule has 1 aromatic rings. The standard InChI is InChI=1S/C18H23BrN2O2.ClH/c1-20-7-4-13-5-8-21(9-6-13)18(22)15-10-14-11-16(19)2-3-17(14)23-12-15;/h2-3,10-11,13,20H,4-9,12H2,1H3;1H. The van der Waals surface area contributed by atoms with Gasteiger partial charge < -0.3 is 15.0 Å². The lowest BCUT2D eigenvalue weighted by molar-refractivity contribution is -0.128. The maximum absolute atomic E-state index is 12.7. The van der Waals surface area contributed by atoms with E-state index in [1.807, 2.05) is 36.2 Å². The van der Waals surface area contributed by atoms with E-state index in [2.05, 4.69) is 21.2 Å². The Bertz CT molecular complexity index is 613. The minimum atomic E-state index is 0. The first-order valence-electron chi connectivity index (χ1n) is 8.24. The van der Waals surface area contributed by atoms with E-state index in [1.165, 1.54) is 6.42 Å². The van der Waals surface area contributed by atoms with Gasteiger partial charge in [-0.1, -0.05) is 15.9 Å². The summed E-state index contributed by atoms with van der Waals surface area (Å²) in [6.07, 6.45) is 5.37. The number of likely N-dealkylation sites (tertiary alicyclic amines) is 1. The number of amides is 1. The van der Waals surface area contributed by atoms with Crippen molar-refractivity contribution in [3.8, 4) is 5.75 Å². The highest BCUT2D eigenvalue weighted by molar-refractivity contribution is 9.10. The second-order valence-electron chi connectivity index (χ2n) is 6.27. The first kappa shape index (κ1) is 19.3. The number of hydrogen-bond acceptors (Lipinski definition) is 3. The molecule has 4 nitrogen and oxygen atoms in total. The summed E-state index contributed by atoms with van der Waals surface area (Å²) in [5.41, 5.74) is 1.72. The van der Waals surface area contributed by atoms with Crippen LogP contribution in [0.4, 0.5) is 0 Å². The van der Waals surface area contributed by atoms with Gasteiger partial charge >= 0.3 is 0 Å². The zero-order valence-electron chi connectivity index (χ0n) is 13.9.